The molecule has 0 atom stereocenters. The first kappa shape index (κ1) is 12.0. The van der Waals surface area contributed by atoms with E-state index < -0.39 is 0 Å². The molecule has 0 aliphatic heterocycles. The molecule has 0 aromatic rings. The molecule has 0 aliphatic carbocycles. The van der Waals surface area contributed by atoms with Crippen LogP contribution in [0.25, 0.3) is 0 Å². The minimum absolute atomic E-state index is 0.240. The Hall–Kier alpha value is 1.05. The molecule has 0 spiro atoms. The molecule has 0 aliphatic rings. The SMILES string of the molecule is CC(C)CC(CS)(CS)CS. The molecule has 0 rings (SSSR count). The van der Waals surface area contributed by atoms with Crippen molar-refractivity contribution in [2.45, 2.75) is 20.3 Å². The molecule has 0 saturated heterocycles. The molecule has 0 amide bonds. The van der Waals surface area contributed by atoms with Gasteiger partial charge in [0.05, 0.1) is 0 Å². The monoisotopic (exact) mass is 210 g/mol. The maximum absolute atomic E-state index is 4.34. The molecule has 3 heteroatoms. The minimum Gasteiger partial charge on any atom is -0.179 e. The Morgan fingerprint density at radius 1 is 1.00 bits per heavy atom. The lowest BCUT2D eigenvalue weighted by molar-refractivity contribution is 0.345. The highest BCUT2D eigenvalue weighted by molar-refractivity contribution is 7.82. The van der Waals surface area contributed by atoms with Gasteiger partial charge in [0.15, 0.2) is 0 Å². The maximum Gasteiger partial charge on any atom is -0.00254 e. The fourth-order valence-electron chi connectivity index (χ4n) is 1.21. The van der Waals surface area contributed by atoms with Gasteiger partial charge in [-0.15, -0.1) is 0 Å². The Labute approximate surface area is 86.8 Å². The molecule has 0 saturated carbocycles. The van der Waals surface area contributed by atoms with Crippen LogP contribution in [0.3, 0.4) is 0 Å². The predicted octanol–water partition coefficient (Wildman–Crippen LogP) is 2.81. The largest absolute Gasteiger partial charge is 0.179 e. The zero-order valence-corrected chi connectivity index (χ0v) is 9.93. The van der Waals surface area contributed by atoms with Crippen molar-refractivity contribution in [3.05, 3.63) is 0 Å². The standard InChI is InChI=1S/C8H18S3/c1-7(2)3-8(4-9,5-10)6-11/h7,9-11H,3-6H2,1-2H3. The van der Waals surface area contributed by atoms with E-state index in [0.29, 0.717) is 5.92 Å². The molecule has 0 nitrogen and oxygen atoms in total. The average Bonchev–Trinajstić information content (AvgIpc) is 2.00. The fraction of sp³-hybridized carbons (Fsp3) is 1.00. The van der Waals surface area contributed by atoms with Crippen LogP contribution in [0.5, 0.6) is 0 Å². The van der Waals surface area contributed by atoms with Crippen LogP contribution in [0.2, 0.25) is 0 Å². The second-order valence-corrected chi connectivity index (χ2v) is 4.52. The van der Waals surface area contributed by atoms with E-state index in [1.54, 1.807) is 0 Å². The van der Waals surface area contributed by atoms with E-state index >= 15 is 0 Å². The van der Waals surface area contributed by atoms with E-state index in [9.17, 15) is 0 Å². The smallest absolute Gasteiger partial charge is 0.00254 e. The first-order valence-corrected chi connectivity index (χ1v) is 5.82. The van der Waals surface area contributed by atoms with Crippen LogP contribution in [-0.2, 0) is 0 Å². The summed E-state index contributed by atoms with van der Waals surface area (Å²) in [5.74, 6) is 3.37. The van der Waals surface area contributed by atoms with Crippen LogP contribution in [-0.4, -0.2) is 17.3 Å². The molecule has 0 radical (unpaired) electrons. The van der Waals surface area contributed by atoms with Gasteiger partial charge in [0, 0.05) is 0 Å². The molecule has 0 aromatic heterocycles. The third-order valence-electron chi connectivity index (χ3n) is 1.85. The van der Waals surface area contributed by atoms with Gasteiger partial charge in [-0.25, -0.2) is 0 Å². The maximum atomic E-state index is 4.34. The minimum atomic E-state index is 0.240. The molecule has 0 bridgehead atoms. The van der Waals surface area contributed by atoms with Gasteiger partial charge in [-0.1, -0.05) is 13.8 Å². The van der Waals surface area contributed by atoms with Crippen molar-refractivity contribution in [1.29, 1.82) is 0 Å². The number of hydrogen-bond acceptors (Lipinski definition) is 3. The van der Waals surface area contributed by atoms with Crippen molar-refractivity contribution < 1.29 is 0 Å². The van der Waals surface area contributed by atoms with E-state index in [0.717, 1.165) is 17.3 Å². The molecule has 68 valence electrons. The first-order chi connectivity index (χ1) is 5.10. The van der Waals surface area contributed by atoms with Crippen LogP contribution in [0.4, 0.5) is 0 Å². The second-order valence-electron chi connectivity index (χ2n) is 3.57. The highest BCUT2D eigenvalue weighted by Gasteiger charge is 2.26. The first-order valence-electron chi connectivity index (χ1n) is 3.93. The summed E-state index contributed by atoms with van der Waals surface area (Å²) in [7, 11) is 0. The third-order valence-corrected chi connectivity index (χ3v) is 3.86. The molecular formula is C8H18S3. The van der Waals surface area contributed by atoms with Gasteiger partial charge in [0.1, 0.15) is 0 Å². The van der Waals surface area contributed by atoms with Crippen LogP contribution in [0.1, 0.15) is 20.3 Å². The Bertz CT molecular complexity index is 89.2. The topological polar surface area (TPSA) is 0 Å². The van der Waals surface area contributed by atoms with Crippen LogP contribution < -0.4 is 0 Å². The van der Waals surface area contributed by atoms with E-state index in [2.05, 4.69) is 51.7 Å². The molecular weight excluding hydrogens is 192 g/mol. The zero-order valence-electron chi connectivity index (χ0n) is 7.25. The summed E-state index contributed by atoms with van der Waals surface area (Å²) in [6.07, 6.45) is 1.17. The van der Waals surface area contributed by atoms with Gasteiger partial charge in [0.25, 0.3) is 0 Å². The normalized spacial score (nSPS) is 12.5. The van der Waals surface area contributed by atoms with Crippen molar-refractivity contribution in [1.82, 2.24) is 0 Å². The van der Waals surface area contributed by atoms with Crippen molar-refractivity contribution >= 4 is 37.9 Å². The Balaban J connectivity index is 4.05. The van der Waals surface area contributed by atoms with Crippen molar-refractivity contribution in [2.75, 3.05) is 17.3 Å². The van der Waals surface area contributed by atoms with Crippen molar-refractivity contribution in [2.24, 2.45) is 11.3 Å². The number of hydrogen-bond donors (Lipinski definition) is 3. The highest BCUT2D eigenvalue weighted by Crippen LogP contribution is 2.30. The third kappa shape index (κ3) is 4.00. The Morgan fingerprint density at radius 2 is 1.36 bits per heavy atom. The zero-order chi connectivity index (χ0) is 8.91. The summed E-state index contributed by atoms with van der Waals surface area (Å²) in [4.78, 5) is 0. The lowest BCUT2D eigenvalue weighted by atomic mass is 9.85. The van der Waals surface area contributed by atoms with Crippen molar-refractivity contribution in [3.63, 3.8) is 0 Å². The lowest BCUT2D eigenvalue weighted by Crippen LogP contribution is -2.29. The van der Waals surface area contributed by atoms with E-state index in [-0.39, 0.29) is 5.41 Å². The van der Waals surface area contributed by atoms with Gasteiger partial charge < -0.3 is 0 Å². The van der Waals surface area contributed by atoms with Crippen LogP contribution in [0.15, 0.2) is 0 Å². The Morgan fingerprint density at radius 3 is 1.45 bits per heavy atom. The predicted molar refractivity (Wildman–Crippen MR) is 63.4 cm³/mol. The number of rotatable bonds is 5. The average molecular weight is 210 g/mol. The van der Waals surface area contributed by atoms with Gasteiger partial charge in [-0.3, -0.25) is 0 Å². The van der Waals surface area contributed by atoms with Gasteiger partial charge in [-0.05, 0) is 35.0 Å². The molecule has 0 fully saturated rings. The van der Waals surface area contributed by atoms with E-state index in [1.165, 1.54) is 6.42 Å². The molecule has 11 heavy (non-hydrogen) atoms. The summed E-state index contributed by atoms with van der Waals surface area (Å²) in [6, 6.07) is 0. The molecule has 0 unspecified atom stereocenters. The molecule has 0 aromatic carbocycles. The quantitative estimate of drug-likeness (QED) is 0.571. The Kier molecular flexibility index (Phi) is 6.19. The van der Waals surface area contributed by atoms with Gasteiger partial charge >= 0.3 is 0 Å². The lowest BCUT2D eigenvalue weighted by Gasteiger charge is -2.30. The van der Waals surface area contributed by atoms with E-state index in [1.807, 2.05) is 0 Å². The number of thiol groups is 3. The van der Waals surface area contributed by atoms with Crippen LogP contribution in [0, 0.1) is 11.3 Å². The van der Waals surface area contributed by atoms with Crippen molar-refractivity contribution in [3.8, 4) is 0 Å². The van der Waals surface area contributed by atoms with E-state index in [4.69, 9.17) is 0 Å². The van der Waals surface area contributed by atoms with Crippen LogP contribution >= 0.6 is 37.9 Å². The fourth-order valence-corrected chi connectivity index (χ4v) is 2.80. The summed E-state index contributed by atoms with van der Waals surface area (Å²) in [6.45, 7) is 4.45. The van der Waals surface area contributed by atoms with Gasteiger partial charge in [0.2, 0.25) is 0 Å². The van der Waals surface area contributed by atoms with Gasteiger partial charge in [-0.2, -0.15) is 37.9 Å². The molecule has 0 N–H and O–H groups in total. The second kappa shape index (κ2) is 5.65. The molecule has 0 heterocycles. The summed E-state index contributed by atoms with van der Waals surface area (Å²) < 4.78 is 0. The summed E-state index contributed by atoms with van der Waals surface area (Å²) >= 11 is 13.0. The summed E-state index contributed by atoms with van der Waals surface area (Å²) in [5, 5.41) is 0. The highest BCUT2D eigenvalue weighted by atomic mass is 32.1. The summed E-state index contributed by atoms with van der Waals surface area (Å²) in [5.41, 5.74) is 0.240.